The number of alkyl halides is 3. The first-order valence-corrected chi connectivity index (χ1v) is 13.0. The van der Waals surface area contributed by atoms with E-state index in [9.17, 15) is 30.8 Å². The topological polar surface area (TPSA) is 68.6 Å². The second kappa shape index (κ2) is 10.5. The number of carbonyl (C=O) groups excluding carboxylic acids is 1. The van der Waals surface area contributed by atoms with E-state index in [4.69, 9.17) is 16.3 Å². The van der Waals surface area contributed by atoms with Crippen molar-refractivity contribution in [3.63, 3.8) is 0 Å². The van der Waals surface area contributed by atoms with E-state index in [0.717, 1.165) is 27.9 Å². The van der Waals surface area contributed by atoms with Crippen molar-refractivity contribution in [2.45, 2.75) is 19.6 Å². The Bertz CT molecular complexity index is 1370. The number of hydrogen-bond acceptors (Lipinski definition) is 4. The fraction of sp³-hybridized carbons (Fsp3) is 0.292. The summed E-state index contributed by atoms with van der Waals surface area (Å²) in [6.07, 6.45) is -4.90. The third kappa shape index (κ3) is 6.38. The highest BCUT2D eigenvalue weighted by Crippen LogP contribution is 2.45. The van der Waals surface area contributed by atoms with Crippen LogP contribution in [0.25, 0.3) is 11.1 Å². The highest BCUT2D eigenvalue weighted by atomic mass is 35.5. The minimum atomic E-state index is -4.83. The van der Waals surface area contributed by atoms with Gasteiger partial charge in [0.25, 0.3) is 0 Å². The number of nitrogens with zero attached hydrogens (tertiary/aromatic N) is 2. The zero-order chi connectivity index (χ0) is 26.8. The minimum Gasteiger partial charge on any atom is -0.392 e. The van der Waals surface area contributed by atoms with E-state index in [0.29, 0.717) is 5.56 Å². The molecule has 0 atom stereocenters. The molecule has 0 bridgehead atoms. The third-order valence-corrected chi connectivity index (χ3v) is 6.63. The first-order chi connectivity index (χ1) is 16.7. The maximum Gasteiger partial charge on any atom is 0.431 e. The van der Waals surface area contributed by atoms with Crippen LogP contribution in [0, 0.1) is 12.7 Å². The van der Waals surface area contributed by atoms with Crippen LogP contribution in [0.15, 0.2) is 48.5 Å². The predicted molar refractivity (Wildman–Crippen MR) is 128 cm³/mol. The summed E-state index contributed by atoms with van der Waals surface area (Å²) in [5.74, 6) is -1.56. The molecule has 0 aliphatic rings. The molecule has 36 heavy (non-hydrogen) atoms. The van der Waals surface area contributed by atoms with Crippen LogP contribution in [-0.4, -0.2) is 49.6 Å². The Kier molecular flexibility index (Phi) is 8.04. The number of hydrogen-bond donors (Lipinski definition) is 0. The molecule has 0 aliphatic carbocycles. The maximum absolute atomic E-state index is 14.3. The normalized spacial score (nSPS) is 12.0. The molecule has 3 rings (SSSR count). The number of sulfone groups is 1. The largest absolute Gasteiger partial charge is 0.431 e. The van der Waals surface area contributed by atoms with Crippen molar-refractivity contribution in [1.29, 1.82) is 0 Å². The van der Waals surface area contributed by atoms with Gasteiger partial charge >= 0.3 is 12.3 Å². The number of ether oxygens (including phenoxy) is 1. The van der Waals surface area contributed by atoms with E-state index in [1.165, 1.54) is 20.0 Å². The van der Waals surface area contributed by atoms with Crippen LogP contribution in [0.5, 0.6) is 5.88 Å². The van der Waals surface area contributed by atoms with Crippen molar-refractivity contribution in [3.8, 4) is 17.0 Å². The minimum absolute atomic E-state index is 0.0926. The number of benzene rings is 2. The van der Waals surface area contributed by atoms with E-state index in [2.05, 4.69) is 0 Å². The summed E-state index contributed by atoms with van der Waals surface area (Å²) in [7, 11) is -2.14. The fourth-order valence-electron chi connectivity index (χ4n) is 3.65. The molecule has 0 unspecified atom stereocenters. The molecular weight excluding hydrogens is 524 g/mol. The van der Waals surface area contributed by atoms with Gasteiger partial charge < -0.3 is 14.2 Å². The number of rotatable bonds is 7. The number of amides is 1. The van der Waals surface area contributed by atoms with Crippen molar-refractivity contribution in [2.24, 2.45) is 0 Å². The molecule has 6 nitrogen and oxygen atoms in total. The molecule has 194 valence electrons. The molecule has 0 radical (unpaired) electrons. The molecule has 1 amide bonds. The lowest BCUT2D eigenvalue weighted by Crippen LogP contribution is -2.34. The summed E-state index contributed by atoms with van der Waals surface area (Å²) >= 11 is 5.90. The molecule has 1 aromatic heterocycles. The first-order valence-electron chi connectivity index (χ1n) is 10.6. The maximum atomic E-state index is 14.3. The second-order valence-corrected chi connectivity index (χ2v) is 10.9. The summed E-state index contributed by atoms with van der Waals surface area (Å²) in [6, 6.07) is 11.6. The number of carbonyl (C=O) groups is 1. The monoisotopic (exact) mass is 546 g/mol. The Morgan fingerprint density at radius 2 is 1.78 bits per heavy atom. The van der Waals surface area contributed by atoms with Crippen LogP contribution in [-0.2, 0) is 22.6 Å². The molecule has 0 N–H and O–H groups in total. The Balaban J connectivity index is 2.21. The van der Waals surface area contributed by atoms with E-state index in [1.807, 2.05) is 0 Å². The van der Waals surface area contributed by atoms with Crippen molar-refractivity contribution in [1.82, 2.24) is 9.47 Å². The molecule has 3 aromatic rings. The summed E-state index contributed by atoms with van der Waals surface area (Å²) < 4.78 is 85.9. The van der Waals surface area contributed by atoms with Crippen LogP contribution in [0.2, 0.25) is 5.02 Å². The zero-order valence-electron chi connectivity index (χ0n) is 19.6. The first kappa shape index (κ1) is 27.5. The molecule has 0 fully saturated rings. The lowest BCUT2D eigenvalue weighted by molar-refractivity contribution is -0.144. The van der Waals surface area contributed by atoms with Crippen molar-refractivity contribution in [3.05, 3.63) is 76.2 Å². The van der Waals surface area contributed by atoms with E-state index in [1.54, 1.807) is 30.3 Å². The highest BCUT2D eigenvalue weighted by molar-refractivity contribution is 7.90. The lowest BCUT2D eigenvalue weighted by Gasteiger charge is -2.19. The van der Waals surface area contributed by atoms with Gasteiger partial charge in [-0.2, -0.15) is 13.2 Å². The molecule has 0 aliphatic heterocycles. The van der Waals surface area contributed by atoms with Gasteiger partial charge in [0.05, 0.1) is 17.3 Å². The number of aromatic nitrogens is 1. The van der Waals surface area contributed by atoms with Crippen molar-refractivity contribution in [2.75, 3.05) is 25.6 Å². The van der Waals surface area contributed by atoms with Gasteiger partial charge in [0.2, 0.25) is 5.88 Å². The van der Waals surface area contributed by atoms with E-state index in [-0.39, 0.29) is 40.6 Å². The Morgan fingerprint density at radius 3 is 2.33 bits per heavy atom. The summed E-state index contributed by atoms with van der Waals surface area (Å²) in [5.41, 5.74) is -0.779. The SMILES string of the molecule is Cc1c(-c2ccc(F)c(Cl)c2)c(OC(=O)N(C)CCS(C)(=O)=O)n(Cc2ccccc2)c1C(F)(F)F. The Labute approximate surface area is 211 Å². The third-order valence-electron chi connectivity index (χ3n) is 5.41. The molecule has 2 aromatic carbocycles. The standard InChI is InChI=1S/C24H23ClF4N2O4S/c1-15-20(17-9-10-19(26)18(25)13-17)22(35-23(32)30(2)11-12-36(3,33)34)31(21(15)24(27,28)29)14-16-7-5-4-6-8-16/h4-10,13H,11-12,14H2,1-3H3. The zero-order valence-corrected chi connectivity index (χ0v) is 21.1. The average Bonchev–Trinajstić information content (AvgIpc) is 3.05. The fourth-order valence-corrected chi connectivity index (χ4v) is 4.44. The Hall–Kier alpha value is -3.05. The second-order valence-electron chi connectivity index (χ2n) is 8.27. The van der Waals surface area contributed by atoms with Crippen molar-refractivity contribution >= 4 is 27.5 Å². The van der Waals surface area contributed by atoms with Gasteiger partial charge in [0.15, 0.2) is 0 Å². The molecular formula is C24H23ClF4N2O4S. The number of halogens is 5. The Morgan fingerprint density at radius 1 is 1.14 bits per heavy atom. The van der Waals surface area contributed by atoms with Crippen molar-refractivity contribution < 1.29 is 35.5 Å². The van der Waals surface area contributed by atoms with Gasteiger partial charge in [-0.05, 0) is 35.7 Å². The van der Waals surface area contributed by atoms with E-state index >= 15 is 0 Å². The molecule has 1 heterocycles. The van der Waals surface area contributed by atoms with Gasteiger partial charge in [0.1, 0.15) is 21.3 Å². The summed E-state index contributed by atoms with van der Waals surface area (Å²) in [5, 5.41) is -0.321. The highest BCUT2D eigenvalue weighted by Gasteiger charge is 2.41. The average molecular weight is 547 g/mol. The predicted octanol–water partition coefficient (Wildman–Crippen LogP) is 5.80. The van der Waals surface area contributed by atoms with Gasteiger partial charge in [-0.3, -0.25) is 0 Å². The van der Waals surface area contributed by atoms with E-state index < -0.39 is 39.5 Å². The van der Waals surface area contributed by atoms with Crippen LogP contribution >= 0.6 is 11.6 Å². The van der Waals surface area contributed by atoms with Crippen LogP contribution in [0.3, 0.4) is 0 Å². The van der Waals surface area contributed by atoms with Gasteiger partial charge in [-0.25, -0.2) is 17.6 Å². The summed E-state index contributed by atoms with van der Waals surface area (Å²) in [4.78, 5) is 13.8. The van der Waals surface area contributed by atoms with Gasteiger partial charge in [0, 0.05) is 25.4 Å². The smallest absolute Gasteiger partial charge is 0.392 e. The van der Waals surface area contributed by atoms with Gasteiger partial charge in [-0.1, -0.05) is 48.0 Å². The molecule has 0 saturated carbocycles. The van der Waals surface area contributed by atoms with Crippen LogP contribution in [0.4, 0.5) is 22.4 Å². The lowest BCUT2D eigenvalue weighted by atomic mass is 10.0. The quantitative estimate of drug-likeness (QED) is 0.351. The summed E-state index contributed by atoms with van der Waals surface area (Å²) in [6.45, 7) is 0.697. The van der Waals surface area contributed by atoms with Crippen LogP contribution < -0.4 is 4.74 Å². The van der Waals surface area contributed by atoms with Gasteiger partial charge in [-0.15, -0.1) is 0 Å². The molecule has 0 saturated heterocycles. The van der Waals surface area contributed by atoms with Crippen LogP contribution in [0.1, 0.15) is 16.8 Å². The molecule has 0 spiro atoms. The molecule has 12 heteroatoms.